The fraction of sp³-hybridized carbons (Fsp3) is 0.267. The molecule has 0 aliphatic heterocycles. The van der Waals surface area contributed by atoms with Gasteiger partial charge in [0.15, 0.2) is 0 Å². The van der Waals surface area contributed by atoms with Gasteiger partial charge < -0.3 is 10.7 Å². The average Bonchev–Trinajstić information content (AvgIpc) is 2.88. The van der Waals surface area contributed by atoms with Gasteiger partial charge in [-0.05, 0) is 31.0 Å². The van der Waals surface area contributed by atoms with E-state index in [1.165, 1.54) is 0 Å². The van der Waals surface area contributed by atoms with Gasteiger partial charge in [-0.15, -0.1) is 0 Å². The molecule has 3 aromatic heterocycles. The summed E-state index contributed by atoms with van der Waals surface area (Å²) in [6.45, 7) is 4.05. The number of fused-ring (bicyclic) bond motifs is 1. The minimum Gasteiger partial charge on any atom is -0.384 e. The van der Waals surface area contributed by atoms with Gasteiger partial charge in [0.2, 0.25) is 0 Å². The average molecular weight is 267 g/mol. The van der Waals surface area contributed by atoms with Crippen molar-refractivity contribution in [2.45, 2.75) is 26.7 Å². The van der Waals surface area contributed by atoms with Crippen LogP contribution in [-0.2, 0) is 6.42 Å². The summed E-state index contributed by atoms with van der Waals surface area (Å²) in [4.78, 5) is 16.3. The predicted octanol–water partition coefficient (Wildman–Crippen LogP) is 2.86. The van der Waals surface area contributed by atoms with Gasteiger partial charge >= 0.3 is 0 Å². The predicted molar refractivity (Wildman–Crippen MR) is 80.3 cm³/mol. The summed E-state index contributed by atoms with van der Waals surface area (Å²) in [5, 5.41) is 1.04. The van der Waals surface area contributed by atoms with E-state index in [2.05, 4.69) is 26.9 Å². The first-order valence-corrected chi connectivity index (χ1v) is 6.75. The third-order valence-electron chi connectivity index (χ3n) is 3.31. The largest absolute Gasteiger partial charge is 0.384 e. The van der Waals surface area contributed by atoms with Gasteiger partial charge in [-0.2, -0.15) is 0 Å². The van der Waals surface area contributed by atoms with Gasteiger partial charge in [0.25, 0.3) is 0 Å². The Labute approximate surface area is 117 Å². The van der Waals surface area contributed by atoms with Crippen molar-refractivity contribution in [3.8, 4) is 11.3 Å². The first-order valence-electron chi connectivity index (χ1n) is 6.75. The number of aromatic nitrogens is 4. The minimum atomic E-state index is 0.494. The van der Waals surface area contributed by atoms with E-state index in [-0.39, 0.29) is 0 Å². The molecular weight excluding hydrogens is 250 g/mol. The normalized spacial score (nSPS) is 11.1. The summed E-state index contributed by atoms with van der Waals surface area (Å²) in [6.07, 6.45) is 5.78. The lowest BCUT2D eigenvalue weighted by Gasteiger charge is -2.10. The molecule has 5 nitrogen and oxygen atoms in total. The first-order chi connectivity index (χ1) is 9.69. The Balaban J connectivity index is 2.29. The molecule has 3 aromatic rings. The van der Waals surface area contributed by atoms with Crippen LogP contribution in [0.15, 0.2) is 24.5 Å². The molecule has 0 spiro atoms. The number of rotatable bonds is 3. The number of H-pyrrole nitrogens is 1. The van der Waals surface area contributed by atoms with E-state index < -0.39 is 0 Å². The molecule has 0 fully saturated rings. The van der Waals surface area contributed by atoms with Crippen molar-refractivity contribution < 1.29 is 0 Å². The highest BCUT2D eigenvalue weighted by Gasteiger charge is 2.13. The van der Waals surface area contributed by atoms with Crippen LogP contribution < -0.4 is 5.73 Å². The number of nitrogen functional groups attached to an aromatic ring is 1. The number of anilines is 1. The van der Waals surface area contributed by atoms with Crippen LogP contribution in [0.2, 0.25) is 0 Å². The highest BCUT2D eigenvalue weighted by atomic mass is 14.9. The zero-order valence-corrected chi connectivity index (χ0v) is 11.6. The van der Waals surface area contributed by atoms with Crippen molar-refractivity contribution in [3.63, 3.8) is 0 Å². The molecule has 0 bridgehead atoms. The SMILES string of the molecule is CCCc1cnc(C)nc1-c1cc(N)nc2[nH]ccc12. The molecule has 5 heteroatoms. The summed E-state index contributed by atoms with van der Waals surface area (Å²) >= 11 is 0. The third-order valence-corrected chi connectivity index (χ3v) is 3.31. The maximum absolute atomic E-state index is 5.91. The van der Waals surface area contributed by atoms with Crippen LogP contribution in [0.4, 0.5) is 5.82 Å². The van der Waals surface area contributed by atoms with E-state index >= 15 is 0 Å². The second-order valence-electron chi connectivity index (χ2n) is 4.88. The number of nitrogens with zero attached hydrogens (tertiary/aromatic N) is 3. The fourth-order valence-corrected chi connectivity index (χ4v) is 2.43. The smallest absolute Gasteiger partial charge is 0.140 e. The van der Waals surface area contributed by atoms with Crippen molar-refractivity contribution in [2.24, 2.45) is 0 Å². The number of aryl methyl sites for hydroxylation is 2. The summed E-state index contributed by atoms with van der Waals surface area (Å²) in [6, 6.07) is 3.89. The van der Waals surface area contributed by atoms with Gasteiger partial charge in [-0.25, -0.2) is 15.0 Å². The van der Waals surface area contributed by atoms with Crippen molar-refractivity contribution in [1.82, 2.24) is 19.9 Å². The summed E-state index contributed by atoms with van der Waals surface area (Å²) in [5.74, 6) is 1.26. The summed E-state index contributed by atoms with van der Waals surface area (Å²) in [5.41, 5.74) is 9.82. The Kier molecular flexibility index (Phi) is 3.10. The Morgan fingerprint density at radius 1 is 1.30 bits per heavy atom. The van der Waals surface area contributed by atoms with Crippen LogP contribution in [0.5, 0.6) is 0 Å². The number of hydrogen-bond acceptors (Lipinski definition) is 4. The van der Waals surface area contributed by atoms with E-state index in [4.69, 9.17) is 5.73 Å². The lowest BCUT2D eigenvalue weighted by Crippen LogP contribution is -2.00. The van der Waals surface area contributed by atoms with Crippen molar-refractivity contribution in [1.29, 1.82) is 0 Å². The minimum absolute atomic E-state index is 0.494. The number of hydrogen-bond donors (Lipinski definition) is 2. The lowest BCUT2D eigenvalue weighted by atomic mass is 10.0. The second-order valence-corrected chi connectivity index (χ2v) is 4.88. The Hall–Kier alpha value is -2.43. The van der Waals surface area contributed by atoms with E-state index in [9.17, 15) is 0 Å². The van der Waals surface area contributed by atoms with Crippen molar-refractivity contribution in [2.75, 3.05) is 5.73 Å². The fourth-order valence-electron chi connectivity index (χ4n) is 2.43. The molecule has 0 aliphatic rings. The Bertz CT molecular complexity index is 760. The monoisotopic (exact) mass is 267 g/mol. The van der Waals surface area contributed by atoms with Gasteiger partial charge in [0.05, 0.1) is 5.69 Å². The zero-order chi connectivity index (χ0) is 14.1. The molecule has 0 saturated heterocycles. The number of pyridine rings is 1. The maximum atomic E-state index is 5.91. The van der Waals surface area contributed by atoms with Crippen LogP contribution in [0.1, 0.15) is 24.7 Å². The van der Waals surface area contributed by atoms with Crippen molar-refractivity contribution >= 4 is 16.9 Å². The van der Waals surface area contributed by atoms with Crippen LogP contribution in [0, 0.1) is 6.92 Å². The lowest BCUT2D eigenvalue weighted by molar-refractivity contribution is 0.894. The van der Waals surface area contributed by atoms with E-state index in [1.54, 1.807) is 0 Å². The molecule has 0 aliphatic carbocycles. The van der Waals surface area contributed by atoms with Crippen LogP contribution in [-0.4, -0.2) is 19.9 Å². The first kappa shape index (κ1) is 12.6. The van der Waals surface area contributed by atoms with Crippen molar-refractivity contribution in [3.05, 3.63) is 35.9 Å². The Morgan fingerprint density at radius 2 is 2.15 bits per heavy atom. The van der Waals surface area contributed by atoms with Gasteiger partial charge in [0, 0.05) is 23.3 Å². The van der Waals surface area contributed by atoms with Gasteiger partial charge in [-0.1, -0.05) is 13.3 Å². The highest BCUT2D eigenvalue weighted by Crippen LogP contribution is 2.30. The van der Waals surface area contributed by atoms with E-state index in [0.29, 0.717) is 5.82 Å². The topological polar surface area (TPSA) is 80.5 Å². The molecule has 0 unspecified atom stereocenters. The molecule has 102 valence electrons. The molecule has 0 amide bonds. The van der Waals surface area contributed by atoms with Gasteiger partial charge in [0.1, 0.15) is 17.3 Å². The summed E-state index contributed by atoms with van der Waals surface area (Å²) < 4.78 is 0. The van der Waals surface area contributed by atoms with E-state index in [0.717, 1.165) is 46.5 Å². The van der Waals surface area contributed by atoms with Crippen LogP contribution in [0.25, 0.3) is 22.3 Å². The summed E-state index contributed by atoms with van der Waals surface area (Å²) in [7, 11) is 0. The molecule has 0 atom stereocenters. The highest BCUT2D eigenvalue weighted by molar-refractivity contribution is 5.94. The second kappa shape index (κ2) is 4.92. The zero-order valence-electron chi connectivity index (χ0n) is 11.6. The quantitative estimate of drug-likeness (QED) is 0.764. The molecule has 0 saturated carbocycles. The van der Waals surface area contributed by atoms with E-state index in [1.807, 2.05) is 31.5 Å². The van der Waals surface area contributed by atoms with Crippen LogP contribution in [0.3, 0.4) is 0 Å². The number of aromatic amines is 1. The molecular formula is C15H17N5. The molecule has 3 rings (SSSR count). The molecule has 3 N–H and O–H groups in total. The molecule has 20 heavy (non-hydrogen) atoms. The number of nitrogens with two attached hydrogens (primary N) is 1. The molecule has 3 heterocycles. The van der Waals surface area contributed by atoms with Gasteiger partial charge in [-0.3, -0.25) is 0 Å². The molecule has 0 radical (unpaired) electrons. The molecule has 0 aromatic carbocycles. The number of nitrogens with one attached hydrogen (secondary N) is 1. The standard InChI is InChI=1S/C15H17N5/c1-3-4-10-8-18-9(2)19-14(10)12-7-13(16)20-15-11(12)5-6-17-15/h5-8H,3-4H2,1-2H3,(H3,16,17,20). The maximum Gasteiger partial charge on any atom is 0.140 e. The third kappa shape index (κ3) is 2.11. The van der Waals surface area contributed by atoms with Crippen LogP contribution >= 0.6 is 0 Å². The Morgan fingerprint density at radius 3 is 2.95 bits per heavy atom.